The number of nitrogens with two attached hydrogens (primary N) is 1. The van der Waals surface area contributed by atoms with Crippen molar-refractivity contribution in [1.82, 2.24) is 4.90 Å². The first-order valence-corrected chi connectivity index (χ1v) is 7.28. The van der Waals surface area contributed by atoms with Crippen molar-refractivity contribution in [2.24, 2.45) is 11.7 Å². The number of piperidine rings is 1. The van der Waals surface area contributed by atoms with E-state index in [0.717, 1.165) is 5.56 Å². The average molecular weight is 304 g/mol. The van der Waals surface area contributed by atoms with E-state index in [1.807, 2.05) is 13.0 Å². The molecule has 118 valence electrons. The largest absolute Gasteiger partial charge is 0.452 e. The molecule has 1 heterocycles. The van der Waals surface area contributed by atoms with E-state index in [1.54, 1.807) is 23.1 Å². The summed E-state index contributed by atoms with van der Waals surface area (Å²) in [5.41, 5.74) is 6.64. The Kier molecular flexibility index (Phi) is 5.14. The lowest BCUT2D eigenvalue weighted by atomic mass is 9.96. The lowest BCUT2D eigenvalue weighted by Gasteiger charge is -2.30. The van der Waals surface area contributed by atoms with Crippen molar-refractivity contribution in [3.8, 4) is 0 Å². The molecule has 6 heteroatoms. The normalized spacial score (nSPS) is 15.4. The number of rotatable bonds is 4. The number of carbonyl (C=O) groups excluding carboxylic acids is 3. The summed E-state index contributed by atoms with van der Waals surface area (Å²) in [7, 11) is 0. The molecule has 1 aromatic carbocycles. The summed E-state index contributed by atoms with van der Waals surface area (Å²) < 4.78 is 5.05. The van der Waals surface area contributed by atoms with Gasteiger partial charge in [0.25, 0.3) is 5.91 Å². The van der Waals surface area contributed by atoms with E-state index < -0.39 is 5.97 Å². The molecular formula is C16H20N2O4. The van der Waals surface area contributed by atoms with E-state index in [0.29, 0.717) is 31.5 Å². The van der Waals surface area contributed by atoms with E-state index in [4.69, 9.17) is 10.5 Å². The highest BCUT2D eigenvalue weighted by Gasteiger charge is 2.26. The van der Waals surface area contributed by atoms with Crippen LogP contribution in [0.25, 0.3) is 0 Å². The van der Waals surface area contributed by atoms with Gasteiger partial charge in [0, 0.05) is 19.0 Å². The van der Waals surface area contributed by atoms with Crippen LogP contribution >= 0.6 is 0 Å². The van der Waals surface area contributed by atoms with Crippen LogP contribution in [0.2, 0.25) is 0 Å². The van der Waals surface area contributed by atoms with Crippen LogP contribution in [0.5, 0.6) is 0 Å². The highest BCUT2D eigenvalue weighted by molar-refractivity contribution is 5.91. The van der Waals surface area contributed by atoms with Crippen LogP contribution in [-0.4, -0.2) is 42.4 Å². The number of esters is 1. The first-order chi connectivity index (χ1) is 10.5. The maximum Gasteiger partial charge on any atom is 0.338 e. The number of aryl methyl sites for hydroxylation is 1. The molecule has 22 heavy (non-hydrogen) atoms. The second-order valence-corrected chi connectivity index (χ2v) is 5.50. The monoisotopic (exact) mass is 304 g/mol. The van der Waals surface area contributed by atoms with Crippen molar-refractivity contribution >= 4 is 17.8 Å². The molecule has 2 rings (SSSR count). The molecule has 1 fully saturated rings. The molecule has 0 unspecified atom stereocenters. The lowest BCUT2D eigenvalue weighted by Crippen LogP contribution is -2.43. The third kappa shape index (κ3) is 4.07. The van der Waals surface area contributed by atoms with E-state index in [2.05, 4.69) is 0 Å². The molecule has 0 bridgehead atoms. The van der Waals surface area contributed by atoms with Gasteiger partial charge in [-0.2, -0.15) is 0 Å². The van der Waals surface area contributed by atoms with Crippen LogP contribution < -0.4 is 5.73 Å². The molecule has 0 aliphatic carbocycles. The maximum atomic E-state index is 12.0. The fourth-order valence-electron chi connectivity index (χ4n) is 2.49. The van der Waals surface area contributed by atoms with Crippen molar-refractivity contribution in [3.05, 3.63) is 35.4 Å². The predicted molar refractivity (Wildman–Crippen MR) is 80.0 cm³/mol. The van der Waals surface area contributed by atoms with Gasteiger partial charge in [0.15, 0.2) is 6.61 Å². The fraction of sp³-hybridized carbons (Fsp3) is 0.438. The minimum atomic E-state index is -0.510. The van der Waals surface area contributed by atoms with Gasteiger partial charge in [0.05, 0.1) is 5.56 Å². The zero-order chi connectivity index (χ0) is 16.1. The van der Waals surface area contributed by atoms with Gasteiger partial charge in [-0.3, -0.25) is 9.59 Å². The fourth-order valence-corrected chi connectivity index (χ4v) is 2.49. The standard InChI is InChI=1S/C16H20N2O4/c1-11-3-2-4-13(9-11)16(21)22-10-14(19)18-7-5-12(6-8-18)15(17)20/h2-4,9,12H,5-8,10H2,1H3,(H2,17,20). The van der Waals surface area contributed by atoms with Crippen LogP contribution in [0, 0.1) is 12.8 Å². The van der Waals surface area contributed by atoms with Crippen molar-refractivity contribution < 1.29 is 19.1 Å². The molecule has 0 aromatic heterocycles. The molecule has 1 saturated heterocycles. The van der Waals surface area contributed by atoms with Crippen molar-refractivity contribution in [3.63, 3.8) is 0 Å². The number of primary amides is 1. The van der Waals surface area contributed by atoms with Gasteiger partial charge in [0.2, 0.25) is 5.91 Å². The minimum Gasteiger partial charge on any atom is -0.452 e. The van der Waals surface area contributed by atoms with Crippen molar-refractivity contribution in [1.29, 1.82) is 0 Å². The number of hydrogen-bond acceptors (Lipinski definition) is 4. The molecule has 2 N–H and O–H groups in total. The van der Waals surface area contributed by atoms with Crippen LogP contribution in [0.15, 0.2) is 24.3 Å². The summed E-state index contributed by atoms with van der Waals surface area (Å²) in [6.07, 6.45) is 1.12. The first kappa shape index (κ1) is 16.0. The Hall–Kier alpha value is -2.37. The van der Waals surface area contributed by atoms with E-state index in [9.17, 15) is 14.4 Å². The van der Waals surface area contributed by atoms with Crippen molar-refractivity contribution in [2.75, 3.05) is 19.7 Å². The molecule has 0 spiro atoms. The third-order valence-electron chi connectivity index (χ3n) is 3.83. The van der Waals surface area contributed by atoms with Gasteiger partial charge < -0.3 is 15.4 Å². The van der Waals surface area contributed by atoms with Crippen molar-refractivity contribution in [2.45, 2.75) is 19.8 Å². The van der Waals surface area contributed by atoms with Gasteiger partial charge in [-0.15, -0.1) is 0 Å². The second kappa shape index (κ2) is 7.06. The molecule has 0 atom stereocenters. The van der Waals surface area contributed by atoms with Gasteiger partial charge in [-0.25, -0.2) is 4.79 Å². The summed E-state index contributed by atoms with van der Waals surface area (Å²) in [6, 6.07) is 7.01. The summed E-state index contributed by atoms with van der Waals surface area (Å²) in [5, 5.41) is 0. The Balaban J connectivity index is 1.81. The van der Waals surface area contributed by atoms with Gasteiger partial charge in [-0.05, 0) is 31.9 Å². The Bertz CT molecular complexity index is 577. The van der Waals surface area contributed by atoms with E-state index >= 15 is 0 Å². The van der Waals surface area contributed by atoms with Gasteiger partial charge >= 0.3 is 5.97 Å². The zero-order valence-electron chi connectivity index (χ0n) is 12.6. The molecule has 0 radical (unpaired) electrons. The average Bonchev–Trinajstić information content (AvgIpc) is 2.52. The first-order valence-electron chi connectivity index (χ1n) is 7.28. The third-order valence-corrected chi connectivity index (χ3v) is 3.83. The Morgan fingerprint density at radius 3 is 2.55 bits per heavy atom. The molecule has 2 amide bonds. The number of benzene rings is 1. The zero-order valence-corrected chi connectivity index (χ0v) is 12.6. The smallest absolute Gasteiger partial charge is 0.338 e. The molecule has 6 nitrogen and oxygen atoms in total. The number of amides is 2. The van der Waals surface area contributed by atoms with Crippen LogP contribution in [0.4, 0.5) is 0 Å². The summed E-state index contributed by atoms with van der Waals surface area (Å²) in [4.78, 5) is 36.6. The van der Waals surface area contributed by atoms with Crippen LogP contribution in [0.1, 0.15) is 28.8 Å². The van der Waals surface area contributed by atoms with Gasteiger partial charge in [-0.1, -0.05) is 17.7 Å². The highest BCUT2D eigenvalue weighted by Crippen LogP contribution is 2.16. The van der Waals surface area contributed by atoms with Crippen LogP contribution in [-0.2, 0) is 14.3 Å². The maximum absolute atomic E-state index is 12.0. The number of hydrogen-bond donors (Lipinski definition) is 1. The highest BCUT2D eigenvalue weighted by atomic mass is 16.5. The predicted octanol–water partition coefficient (Wildman–Crippen LogP) is 0.876. The number of nitrogens with zero attached hydrogens (tertiary/aromatic N) is 1. The Morgan fingerprint density at radius 1 is 1.27 bits per heavy atom. The SMILES string of the molecule is Cc1cccc(C(=O)OCC(=O)N2CCC(C(N)=O)CC2)c1. The lowest BCUT2D eigenvalue weighted by molar-refractivity contribution is -0.137. The number of likely N-dealkylation sites (tertiary alicyclic amines) is 1. The molecule has 0 saturated carbocycles. The number of ether oxygens (including phenoxy) is 1. The Morgan fingerprint density at radius 2 is 1.95 bits per heavy atom. The topological polar surface area (TPSA) is 89.7 Å². The molecule has 1 aliphatic heterocycles. The van der Waals surface area contributed by atoms with E-state index in [-0.39, 0.29) is 24.3 Å². The molecule has 1 aromatic rings. The summed E-state index contributed by atoms with van der Waals surface area (Å²) >= 11 is 0. The molecule has 1 aliphatic rings. The van der Waals surface area contributed by atoms with Crippen LogP contribution in [0.3, 0.4) is 0 Å². The summed E-state index contributed by atoms with van der Waals surface area (Å²) in [6.45, 7) is 2.53. The number of carbonyl (C=O) groups is 3. The second-order valence-electron chi connectivity index (χ2n) is 5.50. The van der Waals surface area contributed by atoms with E-state index in [1.165, 1.54) is 0 Å². The quantitative estimate of drug-likeness (QED) is 0.836. The Labute approximate surface area is 129 Å². The summed E-state index contributed by atoms with van der Waals surface area (Å²) in [5.74, 6) is -1.25. The minimum absolute atomic E-state index is 0.168. The van der Waals surface area contributed by atoms with Gasteiger partial charge in [0.1, 0.15) is 0 Å². The molecular weight excluding hydrogens is 284 g/mol.